The van der Waals surface area contributed by atoms with Crippen LogP contribution in [0.1, 0.15) is 15.9 Å². The number of amides is 1. The van der Waals surface area contributed by atoms with Crippen molar-refractivity contribution in [2.75, 3.05) is 5.32 Å². The number of carbonyl (C=O) groups excluding carboxylic acids is 2. The number of aldehydes is 1. The monoisotopic (exact) mass is 239 g/mol. The van der Waals surface area contributed by atoms with Gasteiger partial charge in [0.15, 0.2) is 0 Å². The van der Waals surface area contributed by atoms with E-state index in [9.17, 15) is 9.59 Å². The highest BCUT2D eigenvalue weighted by molar-refractivity contribution is 6.04. The molecule has 0 unspecified atom stereocenters. The van der Waals surface area contributed by atoms with Gasteiger partial charge in [0.1, 0.15) is 6.29 Å². The Bertz CT molecular complexity index is 532. The third kappa shape index (κ3) is 3.04. The molecular formula is C15H13NO2. The van der Waals surface area contributed by atoms with Crippen LogP contribution in [0.4, 0.5) is 5.69 Å². The van der Waals surface area contributed by atoms with Gasteiger partial charge in [-0.25, -0.2) is 0 Å². The fourth-order valence-corrected chi connectivity index (χ4v) is 1.61. The number of carbonyl (C=O) groups is 2. The maximum Gasteiger partial charge on any atom is 0.255 e. The third-order valence-corrected chi connectivity index (χ3v) is 2.57. The van der Waals surface area contributed by atoms with Crippen LogP contribution in [0.3, 0.4) is 0 Å². The van der Waals surface area contributed by atoms with E-state index < -0.39 is 0 Å². The molecule has 2 aromatic carbocycles. The molecule has 0 aromatic heterocycles. The van der Waals surface area contributed by atoms with Crippen LogP contribution in [-0.4, -0.2) is 12.2 Å². The standard InChI is InChI=1S/C15H13NO2/c17-11-10-12-6-8-14(9-7-12)16-15(18)13-4-2-1-3-5-13/h1-9,11H,10H2,(H,16,18). The summed E-state index contributed by atoms with van der Waals surface area (Å²) in [5, 5.41) is 2.80. The molecule has 0 aliphatic heterocycles. The summed E-state index contributed by atoms with van der Waals surface area (Å²) in [5.74, 6) is -0.140. The second-order valence-electron chi connectivity index (χ2n) is 3.89. The molecule has 0 saturated carbocycles. The van der Waals surface area contributed by atoms with Crippen molar-refractivity contribution in [2.45, 2.75) is 6.42 Å². The molecule has 0 spiro atoms. The average molecular weight is 239 g/mol. The number of benzene rings is 2. The number of hydrogen-bond acceptors (Lipinski definition) is 2. The minimum atomic E-state index is -0.140. The van der Waals surface area contributed by atoms with E-state index in [1.807, 2.05) is 30.3 Å². The van der Waals surface area contributed by atoms with Gasteiger partial charge >= 0.3 is 0 Å². The topological polar surface area (TPSA) is 46.2 Å². The van der Waals surface area contributed by atoms with Crippen molar-refractivity contribution >= 4 is 17.9 Å². The first kappa shape index (κ1) is 12.0. The van der Waals surface area contributed by atoms with E-state index in [1.165, 1.54) is 0 Å². The first-order chi connectivity index (χ1) is 8.79. The van der Waals surface area contributed by atoms with Crippen molar-refractivity contribution < 1.29 is 9.59 Å². The zero-order valence-electron chi connectivity index (χ0n) is 9.80. The summed E-state index contributed by atoms with van der Waals surface area (Å²) in [4.78, 5) is 22.2. The highest BCUT2D eigenvalue weighted by Gasteiger charge is 2.04. The zero-order chi connectivity index (χ0) is 12.8. The van der Waals surface area contributed by atoms with E-state index in [1.54, 1.807) is 24.3 Å². The van der Waals surface area contributed by atoms with Crippen LogP contribution in [0.2, 0.25) is 0 Å². The Morgan fingerprint density at radius 2 is 1.67 bits per heavy atom. The SMILES string of the molecule is O=CCc1ccc(NC(=O)c2ccccc2)cc1. The van der Waals surface area contributed by atoms with Gasteiger partial charge in [-0.05, 0) is 29.8 Å². The van der Waals surface area contributed by atoms with Gasteiger partial charge in [0.05, 0.1) is 0 Å². The van der Waals surface area contributed by atoms with Gasteiger partial charge in [0.2, 0.25) is 0 Å². The molecule has 3 nitrogen and oxygen atoms in total. The van der Waals surface area contributed by atoms with Gasteiger partial charge in [-0.15, -0.1) is 0 Å². The molecule has 18 heavy (non-hydrogen) atoms. The van der Waals surface area contributed by atoms with Crippen LogP contribution in [0.5, 0.6) is 0 Å². The molecule has 1 amide bonds. The molecule has 2 rings (SSSR count). The Morgan fingerprint density at radius 3 is 2.28 bits per heavy atom. The van der Waals surface area contributed by atoms with Crippen LogP contribution >= 0.6 is 0 Å². The van der Waals surface area contributed by atoms with Crippen molar-refractivity contribution in [3.63, 3.8) is 0 Å². The Hall–Kier alpha value is -2.42. The fourth-order valence-electron chi connectivity index (χ4n) is 1.61. The Morgan fingerprint density at radius 1 is 1.00 bits per heavy atom. The molecule has 0 bridgehead atoms. The van der Waals surface area contributed by atoms with Crippen molar-refractivity contribution in [1.82, 2.24) is 0 Å². The second kappa shape index (κ2) is 5.77. The van der Waals surface area contributed by atoms with E-state index >= 15 is 0 Å². The van der Waals surface area contributed by atoms with E-state index in [0.717, 1.165) is 17.5 Å². The lowest BCUT2D eigenvalue weighted by Crippen LogP contribution is -2.11. The number of nitrogens with one attached hydrogen (secondary N) is 1. The van der Waals surface area contributed by atoms with Crippen molar-refractivity contribution in [1.29, 1.82) is 0 Å². The molecule has 0 heterocycles. The van der Waals surface area contributed by atoms with Crippen molar-refractivity contribution in [3.05, 3.63) is 65.7 Å². The normalized spacial score (nSPS) is 9.78. The van der Waals surface area contributed by atoms with Gasteiger partial charge in [0, 0.05) is 17.7 Å². The first-order valence-corrected chi connectivity index (χ1v) is 5.68. The summed E-state index contributed by atoms with van der Waals surface area (Å²) in [6, 6.07) is 16.3. The molecule has 3 heteroatoms. The lowest BCUT2D eigenvalue weighted by atomic mass is 10.1. The van der Waals surface area contributed by atoms with Crippen LogP contribution in [0.25, 0.3) is 0 Å². The highest BCUT2D eigenvalue weighted by Crippen LogP contribution is 2.11. The largest absolute Gasteiger partial charge is 0.322 e. The molecule has 0 radical (unpaired) electrons. The van der Waals surface area contributed by atoms with Gasteiger partial charge in [-0.3, -0.25) is 4.79 Å². The number of hydrogen-bond donors (Lipinski definition) is 1. The fraction of sp³-hybridized carbons (Fsp3) is 0.0667. The summed E-state index contributed by atoms with van der Waals surface area (Å²) in [5.41, 5.74) is 2.27. The summed E-state index contributed by atoms with van der Waals surface area (Å²) in [6.07, 6.45) is 1.25. The van der Waals surface area contributed by atoms with Gasteiger partial charge < -0.3 is 10.1 Å². The lowest BCUT2D eigenvalue weighted by Gasteiger charge is -2.05. The summed E-state index contributed by atoms with van der Waals surface area (Å²) >= 11 is 0. The minimum absolute atomic E-state index is 0.140. The molecule has 90 valence electrons. The van der Waals surface area contributed by atoms with Crippen LogP contribution in [0.15, 0.2) is 54.6 Å². The number of anilines is 1. The molecule has 0 aliphatic carbocycles. The van der Waals surface area contributed by atoms with Crippen LogP contribution in [-0.2, 0) is 11.2 Å². The molecule has 0 aliphatic rings. The second-order valence-corrected chi connectivity index (χ2v) is 3.89. The molecule has 0 atom stereocenters. The van der Waals surface area contributed by atoms with E-state index in [-0.39, 0.29) is 5.91 Å². The van der Waals surface area contributed by atoms with Gasteiger partial charge in [-0.2, -0.15) is 0 Å². The van der Waals surface area contributed by atoms with Gasteiger partial charge in [0.25, 0.3) is 5.91 Å². The molecular weight excluding hydrogens is 226 g/mol. The van der Waals surface area contributed by atoms with Crippen molar-refractivity contribution in [3.8, 4) is 0 Å². The first-order valence-electron chi connectivity index (χ1n) is 5.68. The maximum atomic E-state index is 11.9. The molecule has 0 fully saturated rings. The quantitative estimate of drug-likeness (QED) is 0.834. The molecule has 2 aromatic rings. The zero-order valence-corrected chi connectivity index (χ0v) is 9.80. The minimum Gasteiger partial charge on any atom is -0.322 e. The highest BCUT2D eigenvalue weighted by atomic mass is 16.1. The molecule has 1 N–H and O–H groups in total. The Kier molecular flexibility index (Phi) is 3.86. The third-order valence-electron chi connectivity index (χ3n) is 2.57. The van der Waals surface area contributed by atoms with Crippen LogP contribution < -0.4 is 5.32 Å². The van der Waals surface area contributed by atoms with Crippen LogP contribution in [0, 0.1) is 0 Å². The maximum absolute atomic E-state index is 11.9. The molecule has 0 saturated heterocycles. The van der Waals surface area contributed by atoms with Crippen molar-refractivity contribution in [2.24, 2.45) is 0 Å². The summed E-state index contributed by atoms with van der Waals surface area (Å²) < 4.78 is 0. The smallest absolute Gasteiger partial charge is 0.255 e. The van der Waals surface area contributed by atoms with E-state index in [0.29, 0.717) is 12.0 Å². The van der Waals surface area contributed by atoms with E-state index in [2.05, 4.69) is 5.32 Å². The predicted octanol–water partition coefficient (Wildman–Crippen LogP) is 2.68. The Labute approximate surface area is 105 Å². The van der Waals surface area contributed by atoms with E-state index in [4.69, 9.17) is 0 Å². The predicted molar refractivity (Wildman–Crippen MR) is 70.6 cm³/mol. The Balaban J connectivity index is 2.05. The lowest BCUT2D eigenvalue weighted by molar-refractivity contribution is -0.107. The average Bonchev–Trinajstić information content (AvgIpc) is 2.42. The van der Waals surface area contributed by atoms with Gasteiger partial charge in [-0.1, -0.05) is 30.3 Å². The summed E-state index contributed by atoms with van der Waals surface area (Å²) in [7, 11) is 0. The number of rotatable bonds is 4. The summed E-state index contributed by atoms with van der Waals surface area (Å²) in [6.45, 7) is 0.